The van der Waals surface area contributed by atoms with Crippen molar-refractivity contribution in [1.29, 1.82) is 0 Å². The highest BCUT2D eigenvalue weighted by Gasteiger charge is 2.71. The first kappa shape index (κ1) is 23.9. The minimum Gasteiger partial charge on any atom is -0.396 e. The second-order valence-electron chi connectivity index (χ2n) is 10.3. The van der Waals surface area contributed by atoms with E-state index in [4.69, 9.17) is 0 Å². The van der Waals surface area contributed by atoms with Gasteiger partial charge in [0.2, 0.25) is 17.7 Å². The molecule has 2 saturated heterocycles. The number of hydrogen-bond acceptors (Lipinski definition) is 5. The number of fused-ring (bicyclic) bond motifs is 2. The second kappa shape index (κ2) is 9.69. The van der Waals surface area contributed by atoms with Crippen molar-refractivity contribution in [2.24, 2.45) is 11.8 Å². The minimum absolute atomic E-state index is 0.0245. The van der Waals surface area contributed by atoms with Gasteiger partial charge in [-0.3, -0.25) is 14.4 Å². The van der Waals surface area contributed by atoms with Crippen molar-refractivity contribution in [3.05, 3.63) is 24.3 Å². The molecule has 1 N–H and O–H groups in total. The third kappa shape index (κ3) is 3.72. The summed E-state index contributed by atoms with van der Waals surface area (Å²) in [6, 6.07) is -0.400. The topological polar surface area (TPSA) is 81.2 Å². The van der Waals surface area contributed by atoms with E-state index in [9.17, 15) is 19.5 Å². The molecular weight excluding hydrogens is 450 g/mol. The van der Waals surface area contributed by atoms with Gasteiger partial charge in [0.05, 0.1) is 16.6 Å². The maximum absolute atomic E-state index is 14.2. The van der Waals surface area contributed by atoms with E-state index in [1.54, 1.807) is 16.7 Å². The average molecular weight is 488 g/mol. The molecule has 5 aliphatic rings. The van der Waals surface area contributed by atoms with Crippen LogP contribution in [0, 0.1) is 11.8 Å². The Labute approximate surface area is 206 Å². The molecule has 8 heteroatoms. The number of likely N-dealkylation sites (tertiary alicyclic amines) is 1. The van der Waals surface area contributed by atoms with Crippen molar-refractivity contribution in [2.75, 3.05) is 32.8 Å². The van der Waals surface area contributed by atoms with Crippen LogP contribution >= 0.6 is 11.8 Å². The fraction of sp³-hybridized carbons (Fsp3) is 0.731. The van der Waals surface area contributed by atoms with Gasteiger partial charge in [0.15, 0.2) is 0 Å². The van der Waals surface area contributed by atoms with E-state index >= 15 is 0 Å². The molecule has 186 valence electrons. The van der Waals surface area contributed by atoms with Gasteiger partial charge >= 0.3 is 0 Å². The van der Waals surface area contributed by atoms with Crippen LogP contribution in [0.5, 0.6) is 0 Å². The number of hydrogen-bond donors (Lipinski definition) is 1. The van der Waals surface area contributed by atoms with Crippen LogP contribution in [0.15, 0.2) is 24.3 Å². The Balaban J connectivity index is 1.55. The summed E-state index contributed by atoms with van der Waals surface area (Å²) in [7, 11) is 0. The van der Waals surface area contributed by atoms with Gasteiger partial charge < -0.3 is 19.8 Å². The highest BCUT2D eigenvalue weighted by atomic mass is 32.2. The van der Waals surface area contributed by atoms with Crippen LogP contribution < -0.4 is 0 Å². The van der Waals surface area contributed by atoms with Crippen LogP contribution in [0.25, 0.3) is 0 Å². The molecule has 4 aliphatic heterocycles. The number of rotatable bonds is 6. The zero-order valence-corrected chi connectivity index (χ0v) is 20.9. The summed E-state index contributed by atoms with van der Waals surface area (Å²) in [4.78, 5) is 47.5. The number of nitrogens with zero attached hydrogens (tertiary/aromatic N) is 3. The number of carbonyl (C=O) groups excluding carboxylic acids is 3. The van der Waals surface area contributed by atoms with Crippen LogP contribution in [-0.4, -0.2) is 92.4 Å². The third-order valence-electron chi connectivity index (χ3n) is 8.34. The maximum Gasteiger partial charge on any atom is 0.247 e. The smallest absolute Gasteiger partial charge is 0.247 e. The average Bonchev–Trinajstić information content (AvgIpc) is 3.15. The van der Waals surface area contributed by atoms with Crippen molar-refractivity contribution >= 4 is 29.5 Å². The first-order chi connectivity index (χ1) is 16.5. The molecule has 0 radical (unpaired) electrons. The Morgan fingerprint density at radius 2 is 1.82 bits per heavy atom. The van der Waals surface area contributed by atoms with E-state index in [2.05, 4.69) is 31.2 Å². The van der Waals surface area contributed by atoms with Gasteiger partial charge in [-0.15, -0.1) is 11.8 Å². The summed E-state index contributed by atoms with van der Waals surface area (Å²) >= 11 is 1.65. The van der Waals surface area contributed by atoms with E-state index in [1.807, 2.05) is 9.80 Å². The lowest BCUT2D eigenvalue weighted by molar-refractivity contribution is -0.145. The Morgan fingerprint density at radius 3 is 2.56 bits per heavy atom. The van der Waals surface area contributed by atoms with Crippen LogP contribution in [-0.2, 0) is 14.4 Å². The lowest BCUT2D eigenvalue weighted by Crippen LogP contribution is -2.55. The van der Waals surface area contributed by atoms with Crippen molar-refractivity contribution in [2.45, 2.75) is 74.0 Å². The summed E-state index contributed by atoms with van der Waals surface area (Å²) < 4.78 is -0.738. The second-order valence-corrected chi connectivity index (χ2v) is 11.8. The largest absolute Gasteiger partial charge is 0.396 e. The lowest BCUT2D eigenvalue weighted by Gasteiger charge is -2.39. The Morgan fingerprint density at radius 1 is 1.03 bits per heavy atom. The molecule has 1 aliphatic carbocycles. The highest BCUT2D eigenvalue weighted by molar-refractivity contribution is 8.02. The molecule has 3 fully saturated rings. The molecule has 1 spiro atoms. The number of aliphatic hydroxyl groups is 1. The van der Waals surface area contributed by atoms with Gasteiger partial charge in [0, 0.05) is 44.1 Å². The predicted octanol–water partition coefficient (Wildman–Crippen LogP) is 2.21. The van der Waals surface area contributed by atoms with Crippen LogP contribution in [0.3, 0.4) is 0 Å². The SMILES string of the molecule is CCCN1CC=C[C@H]2S[C@]34C=CCN(C5CCCCC5)C(=O)C3N(CCCO)C(=O)[C@@H]4[C@H]2C1=O. The number of thioether (sulfide) groups is 1. The van der Waals surface area contributed by atoms with Crippen molar-refractivity contribution in [3.63, 3.8) is 0 Å². The molecule has 5 atom stereocenters. The Bertz CT molecular complexity index is 885. The molecule has 0 aromatic heterocycles. The van der Waals surface area contributed by atoms with Crippen molar-refractivity contribution in [1.82, 2.24) is 14.7 Å². The third-order valence-corrected chi connectivity index (χ3v) is 10.1. The van der Waals surface area contributed by atoms with E-state index in [-0.39, 0.29) is 35.6 Å². The first-order valence-corrected chi connectivity index (χ1v) is 13.9. The number of amides is 3. The molecule has 3 amide bonds. The zero-order valence-electron chi connectivity index (χ0n) is 20.1. The molecule has 0 aromatic carbocycles. The van der Waals surface area contributed by atoms with E-state index in [1.165, 1.54) is 6.42 Å². The molecular formula is C26H37N3O4S. The zero-order chi connectivity index (χ0) is 23.9. The van der Waals surface area contributed by atoms with Gasteiger partial charge in [-0.25, -0.2) is 0 Å². The fourth-order valence-electron chi connectivity index (χ4n) is 6.88. The Kier molecular flexibility index (Phi) is 6.81. The summed E-state index contributed by atoms with van der Waals surface area (Å²) in [6.07, 6.45) is 15.1. The van der Waals surface area contributed by atoms with Crippen LogP contribution in [0.4, 0.5) is 0 Å². The summed E-state index contributed by atoms with van der Waals surface area (Å²) in [5, 5.41) is 9.42. The van der Waals surface area contributed by atoms with Gasteiger partial charge in [0.1, 0.15) is 6.04 Å². The number of carbonyl (C=O) groups is 3. The first-order valence-electron chi connectivity index (χ1n) is 13.1. The van der Waals surface area contributed by atoms with Crippen molar-refractivity contribution in [3.8, 4) is 0 Å². The molecule has 7 nitrogen and oxygen atoms in total. The van der Waals surface area contributed by atoms with Crippen molar-refractivity contribution < 1.29 is 19.5 Å². The molecule has 5 rings (SSSR count). The fourth-order valence-corrected chi connectivity index (χ4v) is 8.89. The molecule has 0 aromatic rings. The molecule has 0 bridgehead atoms. The van der Waals surface area contributed by atoms with E-state index < -0.39 is 22.6 Å². The minimum atomic E-state index is -0.738. The summed E-state index contributed by atoms with van der Waals surface area (Å²) in [6.45, 7) is 4.19. The number of aliphatic hydroxyl groups excluding tert-OH is 1. The normalized spacial score (nSPS) is 35.9. The molecule has 1 unspecified atom stereocenters. The van der Waals surface area contributed by atoms with E-state index in [0.717, 1.165) is 32.1 Å². The molecule has 1 saturated carbocycles. The van der Waals surface area contributed by atoms with Gasteiger partial charge in [0.25, 0.3) is 0 Å². The van der Waals surface area contributed by atoms with Crippen LogP contribution in [0.2, 0.25) is 0 Å². The predicted molar refractivity (Wildman–Crippen MR) is 132 cm³/mol. The molecule has 4 heterocycles. The quantitative estimate of drug-likeness (QED) is 0.581. The maximum atomic E-state index is 14.2. The lowest BCUT2D eigenvalue weighted by atomic mass is 9.78. The van der Waals surface area contributed by atoms with Crippen LogP contribution in [0.1, 0.15) is 51.9 Å². The van der Waals surface area contributed by atoms with Gasteiger partial charge in [-0.05, 0) is 25.7 Å². The summed E-state index contributed by atoms with van der Waals surface area (Å²) in [5.41, 5.74) is 0. The molecule has 34 heavy (non-hydrogen) atoms. The van der Waals surface area contributed by atoms with E-state index in [0.29, 0.717) is 32.6 Å². The van der Waals surface area contributed by atoms with Gasteiger partial charge in [-0.1, -0.05) is 50.5 Å². The van der Waals surface area contributed by atoms with Gasteiger partial charge in [-0.2, -0.15) is 0 Å². The standard InChI is InChI=1S/C26H37N3O4S/c1-2-13-27-14-6-11-19-20(23(27)31)21-24(32)29(16-8-17-30)22-25(33)28(18-9-4-3-5-10-18)15-7-12-26(21,22)34-19/h6-7,11-12,18-22,30H,2-5,8-10,13-17H2,1H3/t19-,20+,21+,22?,26+/m1/s1. The monoisotopic (exact) mass is 487 g/mol. The highest BCUT2D eigenvalue weighted by Crippen LogP contribution is 2.61. The Hall–Kier alpha value is -1.80. The summed E-state index contributed by atoms with van der Waals surface area (Å²) in [5.74, 6) is -1.04.